The third-order valence-corrected chi connectivity index (χ3v) is 7.73. The lowest BCUT2D eigenvalue weighted by Crippen LogP contribution is -2.21. The molecular weight excluding hydrogens is 400 g/mol. The Morgan fingerprint density at radius 2 is 1.86 bits per heavy atom. The van der Waals surface area contributed by atoms with E-state index in [4.69, 9.17) is 4.98 Å². The first-order chi connectivity index (χ1) is 14.1. The zero-order valence-electron chi connectivity index (χ0n) is 15.6. The lowest BCUT2D eigenvalue weighted by molar-refractivity contribution is 0.678. The molecule has 0 aliphatic carbocycles. The van der Waals surface area contributed by atoms with Crippen LogP contribution >= 0.6 is 11.3 Å². The smallest absolute Gasteiger partial charge is 0.124 e. The quantitative estimate of drug-likeness (QED) is 0.406. The van der Waals surface area contributed by atoms with Gasteiger partial charge in [-0.15, -0.1) is 11.3 Å². The molecule has 3 heterocycles. The van der Waals surface area contributed by atoms with E-state index in [0.29, 0.717) is 0 Å². The van der Waals surface area contributed by atoms with Crippen LogP contribution in [0, 0.1) is 0 Å². The molecule has 0 amide bonds. The molecule has 144 valence electrons. The lowest BCUT2D eigenvalue weighted by atomic mass is 10.2. The predicted molar refractivity (Wildman–Crippen MR) is 122 cm³/mol. The van der Waals surface area contributed by atoms with Crippen molar-refractivity contribution >= 4 is 48.3 Å². The predicted octanol–water partition coefficient (Wildman–Crippen LogP) is 4.94. The third kappa shape index (κ3) is 3.39. The van der Waals surface area contributed by atoms with Crippen molar-refractivity contribution in [3.8, 4) is 10.6 Å². The van der Waals surface area contributed by atoms with E-state index in [0.717, 1.165) is 42.3 Å². The molecule has 5 nitrogen and oxygen atoms in total. The van der Waals surface area contributed by atoms with Gasteiger partial charge >= 0.3 is 0 Å². The van der Waals surface area contributed by atoms with Crippen LogP contribution in [0.15, 0.2) is 84.1 Å². The summed E-state index contributed by atoms with van der Waals surface area (Å²) in [6.07, 6.45) is 7.04. The van der Waals surface area contributed by atoms with Gasteiger partial charge in [-0.05, 0) is 40.5 Å². The first-order valence-electron chi connectivity index (χ1n) is 9.11. The summed E-state index contributed by atoms with van der Waals surface area (Å²) < 4.78 is 17.9. The monoisotopic (exact) mass is 418 g/mol. The fourth-order valence-electron chi connectivity index (χ4n) is 3.36. The summed E-state index contributed by atoms with van der Waals surface area (Å²) in [5, 5.41) is 1.89. The van der Waals surface area contributed by atoms with E-state index in [1.807, 2.05) is 66.9 Å². The minimum Gasteiger partial charge on any atom is -0.323 e. The molecule has 5 rings (SSSR count). The molecule has 0 saturated heterocycles. The van der Waals surface area contributed by atoms with Gasteiger partial charge in [0.1, 0.15) is 5.01 Å². The summed E-state index contributed by atoms with van der Waals surface area (Å²) in [7, 11) is -2.89. The highest BCUT2D eigenvalue weighted by molar-refractivity contribution is 8.03. The van der Waals surface area contributed by atoms with Gasteiger partial charge in [-0.3, -0.25) is 14.2 Å². The highest BCUT2D eigenvalue weighted by Gasteiger charge is 2.16. The van der Waals surface area contributed by atoms with Gasteiger partial charge < -0.3 is 4.72 Å². The van der Waals surface area contributed by atoms with Crippen LogP contribution in [0.1, 0.15) is 0 Å². The molecule has 0 radical (unpaired) electrons. The van der Waals surface area contributed by atoms with E-state index in [2.05, 4.69) is 14.7 Å². The average Bonchev–Trinajstić information content (AvgIpc) is 3.17. The number of thiol groups is 1. The molecule has 3 aromatic heterocycles. The van der Waals surface area contributed by atoms with Crippen LogP contribution in [0.5, 0.6) is 0 Å². The second kappa shape index (κ2) is 7.02. The molecule has 0 fully saturated rings. The van der Waals surface area contributed by atoms with Crippen LogP contribution in [0.2, 0.25) is 0 Å². The number of benzene rings is 2. The Morgan fingerprint density at radius 1 is 1.00 bits per heavy atom. The highest BCUT2D eigenvalue weighted by atomic mass is 32.3. The molecule has 0 spiro atoms. The van der Waals surface area contributed by atoms with E-state index >= 15 is 0 Å². The number of nitrogens with zero attached hydrogens (tertiary/aromatic N) is 3. The van der Waals surface area contributed by atoms with E-state index in [1.165, 1.54) is 0 Å². The van der Waals surface area contributed by atoms with Crippen molar-refractivity contribution in [2.24, 2.45) is 0 Å². The maximum absolute atomic E-state index is 13.6. The van der Waals surface area contributed by atoms with Crippen molar-refractivity contribution in [2.45, 2.75) is 4.90 Å². The summed E-state index contributed by atoms with van der Waals surface area (Å²) in [4.78, 5) is 14.0. The third-order valence-electron chi connectivity index (χ3n) is 4.71. The molecule has 0 aliphatic heterocycles. The summed E-state index contributed by atoms with van der Waals surface area (Å²) in [6.45, 7) is 0. The maximum Gasteiger partial charge on any atom is 0.124 e. The number of para-hydroxylation sites is 1. The Balaban J connectivity index is 1.51. The standard InChI is InChI=1S/C22H18N4OS2/c1-29(27,20-9-3-5-15-7-4-11-24-21(15)20)26-17-8-2-6-16(13-17)22-25-18-10-12-23-14-19(18)28-22/h2-14,29H,1H3,(H,26,27). The van der Waals surface area contributed by atoms with Crippen molar-refractivity contribution in [3.05, 3.63) is 79.3 Å². The van der Waals surface area contributed by atoms with Crippen LogP contribution in [0.4, 0.5) is 5.69 Å². The minimum atomic E-state index is -2.89. The number of pyridine rings is 2. The Hall–Kier alpha value is -3.16. The molecule has 0 saturated carbocycles. The normalized spacial score (nSPS) is 12.3. The Labute approximate surface area is 173 Å². The van der Waals surface area contributed by atoms with Gasteiger partial charge in [-0.25, -0.2) is 4.98 Å². The van der Waals surface area contributed by atoms with Crippen molar-refractivity contribution in [1.29, 1.82) is 0 Å². The molecule has 2 aromatic carbocycles. The summed E-state index contributed by atoms with van der Waals surface area (Å²) in [5.74, 6) is 0. The van der Waals surface area contributed by atoms with Gasteiger partial charge in [0.05, 0.1) is 20.6 Å². The van der Waals surface area contributed by atoms with Crippen LogP contribution in [0.3, 0.4) is 0 Å². The average molecular weight is 419 g/mol. The summed E-state index contributed by atoms with van der Waals surface area (Å²) in [5.41, 5.74) is 3.47. The molecule has 1 N–H and O–H groups in total. The van der Waals surface area contributed by atoms with Gasteiger partial charge in [0.25, 0.3) is 0 Å². The zero-order valence-corrected chi connectivity index (χ0v) is 17.3. The van der Waals surface area contributed by atoms with E-state index in [1.54, 1.807) is 30.0 Å². The largest absolute Gasteiger partial charge is 0.323 e. The Kier molecular flexibility index (Phi) is 4.34. The van der Waals surface area contributed by atoms with E-state index < -0.39 is 10.1 Å². The molecule has 7 heteroatoms. The SMILES string of the molecule is C[SH](=O)(Nc1cccc(-c2nc3ccncc3s2)c1)c1cccc2cccnc12. The van der Waals surface area contributed by atoms with Gasteiger partial charge in [0, 0.05) is 41.5 Å². The van der Waals surface area contributed by atoms with Crippen molar-refractivity contribution in [2.75, 3.05) is 11.0 Å². The van der Waals surface area contributed by atoms with E-state index in [9.17, 15) is 4.21 Å². The van der Waals surface area contributed by atoms with Crippen LogP contribution in [-0.4, -0.2) is 25.4 Å². The van der Waals surface area contributed by atoms with Crippen molar-refractivity contribution < 1.29 is 4.21 Å². The number of aromatic nitrogens is 3. The van der Waals surface area contributed by atoms with Crippen molar-refractivity contribution in [1.82, 2.24) is 15.0 Å². The number of thiazole rings is 1. The number of nitrogens with one attached hydrogen (secondary N) is 1. The lowest BCUT2D eigenvalue weighted by Gasteiger charge is -2.23. The molecular formula is C22H18N4OS2. The molecule has 0 unspecified atom stereocenters. The second-order valence-electron chi connectivity index (χ2n) is 6.83. The number of hydrogen-bond acceptors (Lipinski definition) is 5. The second-order valence-corrected chi connectivity index (χ2v) is 10.4. The fourth-order valence-corrected chi connectivity index (χ4v) is 6.01. The topological polar surface area (TPSA) is 67.8 Å². The van der Waals surface area contributed by atoms with Gasteiger partial charge in [0.2, 0.25) is 0 Å². The van der Waals surface area contributed by atoms with Crippen LogP contribution < -0.4 is 4.72 Å². The highest BCUT2D eigenvalue weighted by Crippen LogP contribution is 2.32. The zero-order chi connectivity index (χ0) is 19.8. The first kappa shape index (κ1) is 17.9. The molecule has 0 atom stereocenters. The maximum atomic E-state index is 13.6. The fraction of sp³-hybridized carbons (Fsp3) is 0.0455. The first-order valence-corrected chi connectivity index (χ1v) is 12.1. The Bertz CT molecular complexity index is 1360. The van der Waals surface area contributed by atoms with Crippen LogP contribution in [-0.2, 0) is 10.1 Å². The number of hydrogen-bond donors (Lipinski definition) is 2. The van der Waals surface area contributed by atoms with E-state index in [-0.39, 0.29) is 0 Å². The number of anilines is 1. The van der Waals surface area contributed by atoms with Gasteiger partial charge in [0.15, 0.2) is 0 Å². The van der Waals surface area contributed by atoms with Crippen LogP contribution in [0.25, 0.3) is 31.7 Å². The summed E-state index contributed by atoms with van der Waals surface area (Å²) in [6, 6.07) is 19.4. The Morgan fingerprint density at radius 3 is 2.76 bits per heavy atom. The van der Waals surface area contributed by atoms with Gasteiger partial charge in [-0.1, -0.05) is 30.3 Å². The van der Waals surface area contributed by atoms with Crippen molar-refractivity contribution in [3.63, 3.8) is 0 Å². The molecule has 29 heavy (non-hydrogen) atoms. The summed E-state index contributed by atoms with van der Waals surface area (Å²) >= 11 is 1.59. The number of fused-ring (bicyclic) bond motifs is 2. The number of rotatable bonds is 4. The van der Waals surface area contributed by atoms with Gasteiger partial charge in [-0.2, -0.15) is 0 Å². The minimum absolute atomic E-state index is 0.729. The molecule has 0 aliphatic rings. The molecule has 0 bridgehead atoms. The molecule has 5 aromatic rings.